The van der Waals surface area contributed by atoms with Crippen molar-refractivity contribution in [3.8, 4) is 0 Å². The molecule has 0 aromatic heterocycles. The predicted octanol–water partition coefficient (Wildman–Crippen LogP) is 3.49. The quantitative estimate of drug-likeness (QED) is 0.302. The van der Waals surface area contributed by atoms with Crippen LogP contribution in [0.2, 0.25) is 0 Å². The number of guanidine groups is 1. The molecule has 154 valence electrons. The number of nitrogens with zero attached hydrogens (tertiary/aromatic N) is 2. The molecule has 1 saturated carbocycles. The minimum Gasteiger partial charge on any atom is -0.385 e. The molecule has 2 atom stereocenters. The van der Waals surface area contributed by atoms with Gasteiger partial charge in [0.15, 0.2) is 5.96 Å². The lowest BCUT2D eigenvalue weighted by molar-refractivity contribution is 0.0778. The third-order valence-electron chi connectivity index (χ3n) is 6.04. The normalized spacial score (nSPS) is 24.3. The Morgan fingerprint density at radius 1 is 1.31 bits per heavy atom. The fraction of sp³-hybridized carbons (Fsp3) is 0.950. The van der Waals surface area contributed by atoms with Crippen molar-refractivity contribution in [2.24, 2.45) is 16.3 Å². The first-order chi connectivity index (χ1) is 12.1. The molecule has 1 aliphatic heterocycles. The van der Waals surface area contributed by atoms with Crippen LogP contribution in [0, 0.1) is 11.3 Å². The molecule has 6 heteroatoms. The van der Waals surface area contributed by atoms with Crippen molar-refractivity contribution in [1.29, 1.82) is 0 Å². The van der Waals surface area contributed by atoms with E-state index in [1.54, 1.807) is 7.11 Å². The van der Waals surface area contributed by atoms with Crippen molar-refractivity contribution < 1.29 is 4.74 Å². The molecule has 2 unspecified atom stereocenters. The molecule has 2 aliphatic rings. The minimum atomic E-state index is 0. The Kier molecular flexibility index (Phi) is 11.4. The third-order valence-corrected chi connectivity index (χ3v) is 6.04. The second-order valence-corrected chi connectivity index (χ2v) is 8.26. The summed E-state index contributed by atoms with van der Waals surface area (Å²) in [6.45, 7) is 12.9. The van der Waals surface area contributed by atoms with E-state index < -0.39 is 0 Å². The Labute approximate surface area is 178 Å². The molecule has 0 bridgehead atoms. The van der Waals surface area contributed by atoms with Gasteiger partial charge in [-0.15, -0.1) is 24.0 Å². The second kappa shape index (κ2) is 12.4. The zero-order valence-electron chi connectivity index (χ0n) is 17.4. The summed E-state index contributed by atoms with van der Waals surface area (Å²) in [4.78, 5) is 7.53. The summed E-state index contributed by atoms with van der Waals surface area (Å²) < 4.78 is 5.30. The first-order valence-corrected chi connectivity index (χ1v) is 10.3. The molecule has 5 nitrogen and oxygen atoms in total. The number of methoxy groups -OCH3 is 1. The van der Waals surface area contributed by atoms with Crippen molar-refractivity contribution in [3.05, 3.63) is 0 Å². The van der Waals surface area contributed by atoms with E-state index in [1.165, 1.54) is 45.2 Å². The first-order valence-electron chi connectivity index (χ1n) is 10.3. The molecule has 2 N–H and O–H groups in total. The molecule has 0 aromatic rings. The van der Waals surface area contributed by atoms with Gasteiger partial charge in [-0.2, -0.15) is 0 Å². The fourth-order valence-corrected chi connectivity index (χ4v) is 4.07. The van der Waals surface area contributed by atoms with Crippen LogP contribution in [-0.2, 0) is 4.74 Å². The highest BCUT2D eigenvalue weighted by Crippen LogP contribution is 2.44. The van der Waals surface area contributed by atoms with Gasteiger partial charge in [0.2, 0.25) is 0 Å². The van der Waals surface area contributed by atoms with E-state index in [0.717, 1.165) is 44.5 Å². The van der Waals surface area contributed by atoms with Crippen LogP contribution in [0.5, 0.6) is 0 Å². The molecule has 2 rings (SSSR count). The van der Waals surface area contributed by atoms with Crippen LogP contribution in [0.4, 0.5) is 0 Å². The Balaban J connectivity index is 0.00000338. The first kappa shape index (κ1) is 24.0. The van der Waals surface area contributed by atoms with Crippen LogP contribution in [0.1, 0.15) is 59.3 Å². The summed E-state index contributed by atoms with van der Waals surface area (Å²) in [5.41, 5.74) is 0.381. The molecule has 2 fully saturated rings. The number of halogens is 1. The maximum Gasteiger partial charge on any atom is 0.191 e. The van der Waals surface area contributed by atoms with Crippen LogP contribution < -0.4 is 10.6 Å². The van der Waals surface area contributed by atoms with Gasteiger partial charge < -0.3 is 15.4 Å². The van der Waals surface area contributed by atoms with E-state index in [-0.39, 0.29) is 24.0 Å². The van der Waals surface area contributed by atoms with Crippen LogP contribution in [0.15, 0.2) is 4.99 Å². The zero-order valence-corrected chi connectivity index (χ0v) is 19.7. The third kappa shape index (κ3) is 7.50. The van der Waals surface area contributed by atoms with Crippen molar-refractivity contribution in [3.63, 3.8) is 0 Å². The predicted molar refractivity (Wildman–Crippen MR) is 122 cm³/mol. The van der Waals surface area contributed by atoms with E-state index in [9.17, 15) is 0 Å². The van der Waals surface area contributed by atoms with Gasteiger partial charge in [0.05, 0.1) is 0 Å². The van der Waals surface area contributed by atoms with E-state index in [4.69, 9.17) is 9.73 Å². The van der Waals surface area contributed by atoms with E-state index in [2.05, 4.69) is 36.3 Å². The second-order valence-electron chi connectivity index (χ2n) is 8.26. The molecule has 26 heavy (non-hydrogen) atoms. The van der Waals surface area contributed by atoms with Gasteiger partial charge in [-0.05, 0) is 63.8 Å². The zero-order chi connectivity index (χ0) is 18.1. The molecule has 1 heterocycles. The number of hydrogen-bond donors (Lipinski definition) is 2. The van der Waals surface area contributed by atoms with Crippen molar-refractivity contribution >= 4 is 29.9 Å². The number of aliphatic imine (C=N–C) groups is 1. The Morgan fingerprint density at radius 2 is 2.08 bits per heavy atom. The molecule has 0 aromatic carbocycles. The van der Waals surface area contributed by atoms with E-state index in [1.807, 2.05) is 0 Å². The highest BCUT2D eigenvalue weighted by Gasteiger charge is 2.36. The largest absolute Gasteiger partial charge is 0.385 e. The molecule has 1 aliphatic carbocycles. The summed E-state index contributed by atoms with van der Waals surface area (Å²) in [5, 5.41) is 6.99. The monoisotopic (exact) mass is 480 g/mol. The summed E-state index contributed by atoms with van der Waals surface area (Å²) in [6, 6.07) is 0.553. The smallest absolute Gasteiger partial charge is 0.191 e. The van der Waals surface area contributed by atoms with Gasteiger partial charge in [-0.1, -0.05) is 13.3 Å². The van der Waals surface area contributed by atoms with Gasteiger partial charge >= 0.3 is 0 Å². The number of rotatable bonds is 9. The SMILES string of the molecule is CCNC(=NCC1(CCOC)CCC1)NCC(C)N1CCCC(C)C1.I. The lowest BCUT2D eigenvalue weighted by Crippen LogP contribution is -2.49. The molecule has 0 amide bonds. The van der Waals surface area contributed by atoms with Crippen LogP contribution in [0.25, 0.3) is 0 Å². The number of piperidine rings is 1. The standard InChI is InChI=1S/C20H40N4O.HI/c1-5-21-19(23-16-20(9-7-10-20)11-13-25-4)22-14-18(3)24-12-6-8-17(2)15-24;/h17-18H,5-16H2,1-4H3,(H2,21,22,23);1H. The number of ether oxygens (including phenoxy) is 1. The maximum atomic E-state index is 5.30. The number of nitrogens with one attached hydrogen (secondary N) is 2. The molecular formula is C20H41IN4O. The van der Waals surface area contributed by atoms with E-state index in [0.29, 0.717) is 11.5 Å². The van der Waals surface area contributed by atoms with Crippen LogP contribution >= 0.6 is 24.0 Å². The van der Waals surface area contributed by atoms with Crippen LogP contribution in [-0.4, -0.2) is 63.3 Å². The topological polar surface area (TPSA) is 48.9 Å². The lowest BCUT2D eigenvalue weighted by atomic mass is 9.67. The van der Waals surface area contributed by atoms with Gasteiger partial charge in [0.25, 0.3) is 0 Å². The van der Waals surface area contributed by atoms with Crippen molar-refractivity contribution in [2.45, 2.75) is 65.3 Å². The Hall–Kier alpha value is -0.0800. The molecule has 1 saturated heterocycles. The van der Waals surface area contributed by atoms with Crippen LogP contribution in [0.3, 0.4) is 0 Å². The minimum absolute atomic E-state index is 0. The Bertz CT molecular complexity index is 415. The summed E-state index contributed by atoms with van der Waals surface area (Å²) in [5.74, 6) is 1.81. The highest BCUT2D eigenvalue weighted by molar-refractivity contribution is 14.0. The fourth-order valence-electron chi connectivity index (χ4n) is 4.07. The van der Waals surface area contributed by atoms with Crippen molar-refractivity contribution in [2.75, 3.05) is 46.4 Å². The number of hydrogen-bond acceptors (Lipinski definition) is 3. The average molecular weight is 480 g/mol. The summed E-state index contributed by atoms with van der Waals surface area (Å²) in [6.07, 6.45) is 7.77. The number of likely N-dealkylation sites (tertiary alicyclic amines) is 1. The van der Waals surface area contributed by atoms with Gasteiger partial charge in [0, 0.05) is 45.9 Å². The van der Waals surface area contributed by atoms with Gasteiger partial charge in [-0.25, -0.2) is 0 Å². The summed E-state index contributed by atoms with van der Waals surface area (Å²) in [7, 11) is 1.80. The highest BCUT2D eigenvalue weighted by atomic mass is 127. The average Bonchev–Trinajstić information content (AvgIpc) is 2.58. The van der Waals surface area contributed by atoms with Gasteiger partial charge in [-0.3, -0.25) is 9.89 Å². The lowest BCUT2D eigenvalue weighted by Gasteiger charge is -2.41. The molecule has 0 spiro atoms. The van der Waals surface area contributed by atoms with Gasteiger partial charge in [0.1, 0.15) is 0 Å². The maximum absolute atomic E-state index is 5.30. The molecule has 0 radical (unpaired) electrons. The Morgan fingerprint density at radius 3 is 2.65 bits per heavy atom. The van der Waals surface area contributed by atoms with E-state index >= 15 is 0 Å². The van der Waals surface area contributed by atoms with Crippen molar-refractivity contribution in [1.82, 2.24) is 15.5 Å². The molecular weight excluding hydrogens is 439 g/mol. The summed E-state index contributed by atoms with van der Waals surface area (Å²) >= 11 is 0.